The van der Waals surface area contributed by atoms with E-state index in [1.54, 1.807) is 0 Å². The van der Waals surface area contributed by atoms with Crippen molar-refractivity contribution in [1.82, 2.24) is 0 Å². The first-order valence-corrected chi connectivity index (χ1v) is 27.7. The summed E-state index contributed by atoms with van der Waals surface area (Å²) in [6.45, 7) is 6.37. The van der Waals surface area contributed by atoms with Gasteiger partial charge in [-0.25, -0.2) is 0 Å². The zero-order valence-electron chi connectivity index (χ0n) is 44.3. The molecule has 0 aromatic heterocycles. The van der Waals surface area contributed by atoms with Crippen LogP contribution in [0.4, 0.5) is 0 Å². The number of esters is 3. The molecule has 0 spiro atoms. The lowest BCUT2D eigenvalue weighted by atomic mass is 10.1. The highest BCUT2D eigenvalue weighted by Crippen LogP contribution is 2.12. The number of hydrogen-bond donors (Lipinski definition) is 0. The molecular weight excluding hydrogens is 853 g/mol. The Morgan fingerprint density at radius 2 is 0.580 bits per heavy atom. The largest absolute Gasteiger partial charge is 0.462 e. The number of carbonyl (C=O) groups excluding carboxylic acids is 3. The third-order valence-corrected chi connectivity index (χ3v) is 11.1. The molecule has 0 radical (unpaired) electrons. The van der Waals surface area contributed by atoms with E-state index in [9.17, 15) is 14.4 Å². The van der Waals surface area contributed by atoms with E-state index in [4.69, 9.17) is 14.2 Å². The van der Waals surface area contributed by atoms with Gasteiger partial charge in [-0.2, -0.15) is 0 Å². The summed E-state index contributed by atoms with van der Waals surface area (Å²) in [5.74, 6) is -1.03. The lowest BCUT2D eigenvalue weighted by molar-refractivity contribution is -0.167. The van der Waals surface area contributed by atoms with Crippen LogP contribution in [0.3, 0.4) is 0 Å². The van der Waals surface area contributed by atoms with Crippen LogP contribution in [0.15, 0.2) is 134 Å². The molecule has 0 N–H and O–H groups in total. The predicted octanol–water partition coefficient (Wildman–Crippen LogP) is 18.6. The molecule has 0 unspecified atom stereocenters. The first kappa shape index (κ1) is 64.5. The van der Waals surface area contributed by atoms with Crippen molar-refractivity contribution in [3.63, 3.8) is 0 Å². The molecule has 0 aromatic rings. The van der Waals surface area contributed by atoms with E-state index in [1.807, 2.05) is 0 Å². The van der Waals surface area contributed by atoms with Gasteiger partial charge in [0, 0.05) is 19.3 Å². The minimum atomic E-state index is -0.829. The first-order valence-electron chi connectivity index (χ1n) is 27.7. The average Bonchev–Trinajstić information content (AvgIpc) is 3.35. The predicted molar refractivity (Wildman–Crippen MR) is 297 cm³/mol. The molecule has 6 nitrogen and oxygen atoms in total. The maximum Gasteiger partial charge on any atom is 0.306 e. The van der Waals surface area contributed by atoms with Gasteiger partial charge in [-0.15, -0.1) is 0 Å². The number of hydrogen-bond acceptors (Lipinski definition) is 6. The van der Waals surface area contributed by atoms with Gasteiger partial charge in [0.2, 0.25) is 0 Å². The van der Waals surface area contributed by atoms with E-state index in [1.165, 1.54) is 51.4 Å². The minimum Gasteiger partial charge on any atom is -0.462 e. The maximum atomic E-state index is 12.8. The molecule has 69 heavy (non-hydrogen) atoms. The fourth-order valence-corrected chi connectivity index (χ4v) is 6.96. The maximum absolute atomic E-state index is 12.8. The molecule has 0 amide bonds. The number of carbonyl (C=O) groups is 3. The van der Waals surface area contributed by atoms with Crippen LogP contribution in [0.1, 0.15) is 226 Å². The monoisotopic (exact) mass is 953 g/mol. The molecule has 388 valence electrons. The van der Waals surface area contributed by atoms with Crippen molar-refractivity contribution in [2.24, 2.45) is 0 Å². The minimum absolute atomic E-state index is 0.121. The molecule has 6 heteroatoms. The van der Waals surface area contributed by atoms with Gasteiger partial charge in [-0.3, -0.25) is 14.4 Å². The van der Waals surface area contributed by atoms with Crippen LogP contribution in [-0.2, 0) is 28.6 Å². The summed E-state index contributed by atoms with van der Waals surface area (Å²) >= 11 is 0. The molecule has 0 rings (SSSR count). The first-order chi connectivity index (χ1) is 34.0. The van der Waals surface area contributed by atoms with E-state index < -0.39 is 6.10 Å². The zero-order valence-corrected chi connectivity index (χ0v) is 44.3. The van der Waals surface area contributed by atoms with Crippen LogP contribution < -0.4 is 0 Å². The van der Waals surface area contributed by atoms with E-state index in [-0.39, 0.29) is 44.0 Å². The van der Waals surface area contributed by atoms with E-state index >= 15 is 0 Å². The second kappa shape index (κ2) is 56.1. The van der Waals surface area contributed by atoms with Crippen LogP contribution in [0.5, 0.6) is 0 Å². The van der Waals surface area contributed by atoms with Crippen molar-refractivity contribution in [3.8, 4) is 0 Å². The summed E-state index contributed by atoms with van der Waals surface area (Å²) in [6, 6.07) is 0. The SMILES string of the molecule is CC/C=C\C/C=C\C/C=C\C/C=C\C/C=C\CCCC(=O)OC[C@H](COC(=O)CCCCCCC/C=C\C/C=C\CCCCC)OC(=O)CCCCC/C=C\C/C=C\C/C=C\C/C=C\CCCCC. The van der Waals surface area contributed by atoms with Crippen molar-refractivity contribution < 1.29 is 28.6 Å². The third-order valence-electron chi connectivity index (χ3n) is 11.1. The number of allylic oxidation sites excluding steroid dienone is 22. The number of unbranched alkanes of at least 4 members (excludes halogenated alkanes) is 15. The zero-order chi connectivity index (χ0) is 50.0. The average molecular weight is 953 g/mol. The van der Waals surface area contributed by atoms with E-state index in [0.29, 0.717) is 19.3 Å². The number of ether oxygens (including phenoxy) is 3. The Morgan fingerprint density at radius 3 is 0.957 bits per heavy atom. The number of rotatable bonds is 48. The van der Waals surface area contributed by atoms with Crippen LogP contribution >= 0.6 is 0 Å². The van der Waals surface area contributed by atoms with Crippen molar-refractivity contribution in [3.05, 3.63) is 134 Å². The van der Waals surface area contributed by atoms with Gasteiger partial charge in [0.05, 0.1) is 0 Å². The highest BCUT2D eigenvalue weighted by Gasteiger charge is 2.19. The molecule has 0 fully saturated rings. The molecule has 0 aliphatic carbocycles. The normalized spacial score (nSPS) is 13.1. The van der Waals surface area contributed by atoms with Gasteiger partial charge in [-0.1, -0.05) is 206 Å². The molecule has 0 aromatic carbocycles. The molecule has 0 heterocycles. The highest BCUT2D eigenvalue weighted by molar-refractivity contribution is 5.71. The molecule has 0 aliphatic rings. The Labute approximate surface area is 424 Å². The lowest BCUT2D eigenvalue weighted by Gasteiger charge is -2.18. The molecular formula is C63H100O6. The Kier molecular flexibility index (Phi) is 52.5. The Hall–Kier alpha value is -4.45. The van der Waals surface area contributed by atoms with Gasteiger partial charge >= 0.3 is 17.9 Å². The topological polar surface area (TPSA) is 78.9 Å². The quantitative estimate of drug-likeness (QED) is 0.0262. The van der Waals surface area contributed by atoms with Crippen molar-refractivity contribution >= 4 is 17.9 Å². The van der Waals surface area contributed by atoms with Gasteiger partial charge < -0.3 is 14.2 Å². The molecule has 1 atom stereocenters. The summed E-state index contributed by atoms with van der Waals surface area (Å²) in [6.07, 6.45) is 78.7. The fourth-order valence-electron chi connectivity index (χ4n) is 6.96. The Morgan fingerprint density at radius 1 is 0.304 bits per heavy atom. The van der Waals surface area contributed by atoms with Gasteiger partial charge in [0.1, 0.15) is 13.2 Å². The fraction of sp³-hybridized carbons (Fsp3) is 0.603. The van der Waals surface area contributed by atoms with Crippen molar-refractivity contribution in [1.29, 1.82) is 0 Å². The second-order valence-electron chi connectivity index (χ2n) is 17.7. The van der Waals surface area contributed by atoms with Crippen LogP contribution in [0.25, 0.3) is 0 Å². The molecule has 0 saturated heterocycles. The second-order valence-corrected chi connectivity index (χ2v) is 17.7. The van der Waals surface area contributed by atoms with Crippen LogP contribution in [-0.4, -0.2) is 37.2 Å². The highest BCUT2D eigenvalue weighted by atomic mass is 16.6. The summed E-state index contributed by atoms with van der Waals surface area (Å²) in [4.78, 5) is 38.1. The molecule has 0 aliphatic heterocycles. The van der Waals surface area contributed by atoms with E-state index in [2.05, 4.69) is 154 Å². The van der Waals surface area contributed by atoms with Crippen molar-refractivity contribution in [2.45, 2.75) is 232 Å². The Bertz CT molecular complexity index is 1510. The Balaban J connectivity index is 4.59. The van der Waals surface area contributed by atoms with Crippen molar-refractivity contribution in [2.75, 3.05) is 13.2 Å². The summed E-state index contributed by atoms with van der Waals surface area (Å²) in [5, 5.41) is 0. The van der Waals surface area contributed by atoms with Crippen LogP contribution in [0, 0.1) is 0 Å². The smallest absolute Gasteiger partial charge is 0.306 e. The summed E-state index contributed by atoms with van der Waals surface area (Å²) in [7, 11) is 0. The lowest BCUT2D eigenvalue weighted by Crippen LogP contribution is -2.30. The third kappa shape index (κ3) is 54.4. The van der Waals surface area contributed by atoms with Gasteiger partial charge in [0.15, 0.2) is 6.10 Å². The molecule has 0 saturated carbocycles. The van der Waals surface area contributed by atoms with Crippen LogP contribution in [0.2, 0.25) is 0 Å². The van der Waals surface area contributed by atoms with E-state index in [0.717, 1.165) is 122 Å². The standard InChI is InChI=1S/C63H100O6/c1-4-7-10-13-16-19-22-25-28-30-31-33-36-39-42-45-48-51-54-57-63(66)69-60(58-67-61(64)55-52-49-46-43-40-37-34-27-24-21-18-15-12-9-6-3)59-68-62(65)56-53-50-47-44-41-38-35-32-29-26-23-20-17-14-11-8-5-2/h8,11,16-21,25-29,31,33-35,38-39,42,44,47,60H,4-7,9-10,12-15,22-24,30,32,36-37,40-41,43,45-46,48-59H2,1-3H3/b11-8-,19-16-,20-17-,21-18-,28-25-,29-26-,33-31-,34-27-,38-35-,42-39-,47-44-/t60-/m0/s1. The van der Waals surface area contributed by atoms with Gasteiger partial charge in [0.25, 0.3) is 0 Å². The molecule has 0 bridgehead atoms. The summed E-state index contributed by atoms with van der Waals surface area (Å²) < 4.78 is 16.8. The van der Waals surface area contributed by atoms with Gasteiger partial charge in [-0.05, 0) is 135 Å². The summed E-state index contributed by atoms with van der Waals surface area (Å²) in [5.41, 5.74) is 0.